The third kappa shape index (κ3) is 1.22. The zero-order chi connectivity index (χ0) is 5.56. The predicted octanol–water partition coefficient (Wildman–Crippen LogP) is 1.93. The maximum atomic E-state index is 4.56. The molecule has 0 aromatic rings. The smallest absolute Gasteiger partial charge is 0 e. The first-order chi connectivity index (χ1) is 3.86. The number of rotatable bonds is 0. The molecule has 0 aromatic carbocycles. The molecule has 1 radical (unpaired) electrons. The Morgan fingerprint density at radius 1 is 1.33 bits per heavy atom. The summed E-state index contributed by atoms with van der Waals surface area (Å²) in [6, 6.07) is 1.48. The van der Waals surface area contributed by atoms with Gasteiger partial charge in [-0.3, -0.25) is 0 Å². The van der Waals surface area contributed by atoms with E-state index in [0.29, 0.717) is 6.04 Å². The summed E-state index contributed by atoms with van der Waals surface area (Å²) in [5, 5.41) is 4.56. The minimum Gasteiger partial charge on any atom is -0.657 e. The van der Waals surface area contributed by atoms with Gasteiger partial charge in [-0.25, -0.2) is 0 Å². The number of hydrogen-bond acceptors (Lipinski definition) is 0. The molecule has 1 saturated carbocycles. The van der Waals surface area contributed by atoms with Gasteiger partial charge in [-0.15, -0.1) is 12.1 Å². The van der Waals surface area contributed by atoms with Crippen molar-refractivity contribution in [2.45, 2.75) is 38.3 Å². The van der Waals surface area contributed by atoms with E-state index in [0.717, 1.165) is 12.0 Å². The molecule has 1 heterocycles. The van der Waals surface area contributed by atoms with Crippen molar-refractivity contribution in [1.29, 1.82) is 0 Å². The summed E-state index contributed by atoms with van der Waals surface area (Å²) in [4.78, 5) is 0. The van der Waals surface area contributed by atoms with Gasteiger partial charge in [0.2, 0.25) is 0 Å². The second kappa shape index (κ2) is 2.70. The predicted molar refractivity (Wildman–Crippen MR) is 33.9 cm³/mol. The van der Waals surface area contributed by atoms with Gasteiger partial charge in [0.05, 0.1) is 0 Å². The maximum absolute atomic E-state index is 4.56. The first-order valence-corrected chi connectivity index (χ1v) is 3.56. The van der Waals surface area contributed by atoms with E-state index >= 15 is 0 Å². The van der Waals surface area contributed by atoms with Gasteiger partial charge in [-0.2, -0.15) is 0 Å². The number of piperidine rings is 1. The number of hydrogen-bond donors (Lipinski definition) is 0. The summed E-state index contributed by atoms with van der Waals surface area (Å²) in [5.41, 5.74) is 0. The molecule has 0 N–H and O–H groups in total. The van der Waals surface area contributed by atoms with E-state index < -0.39 is 0 Å². The van der Waals surface area contributed by atoms with Crippen LogP contribution in [0.4, 0.5) is 0 Å². The fraction of sp³-hybridized carbons (Fsp3) is 1.00. The van der Waals surface area contributed by atoms with E-state index in [4.69, 9.17) is 0 Å². The Labute approximate surface area is 70.2 Å². The Hall–Kier alpha value is 0.622. The quantitative estimate of drug-likeness (QED) is 0.648. The molecular weight excluding hydrogens is 284 g/mol. The Bertz CT molecular complexity index is 103. The summed E-state index contributed by atoms with van der Waals surface area (Å²) in [6.45, 7) is 2.25. The molecule has 53 valence electrons. The van der Waals surface area contributed by atoms with Crippen LogP contribution in [0.1, 0.15) is 26.2 Å². The Kier molecular flexibility index (Phi) is 2.32. The molecule has 1 saturated heterocycles. The van der Waals surface area contributed by atoms with Crippen molar-refractivity contribution >= 4 is 0 Å². The zero-order valence-electron chi connectivity index (χ0n) is 5.68. The molecule has 2 heteroatoms. The van der Waals surface area contributed by atoms with Crippen LogP contribution in [0.5, 0.6) is 0 Å². The van der Waals surface area contributed by atoms with Crippen molar-refractivity contribution in [1.82, 2.24) is 0 Å². The Morgan fingerprint density at radius 3 is 2.33 bits per heavy atom. The molecule has 1 nitrogen and oxygen atoms in total. The summed E-state index contributed by atoms with van der Waals surface area (Å²) >= 11 is 0. The molecule has 2 fully saturated rings. The average Bonchev–Trinajstić information content (AvgIpc) is 2.23. The van der Waals surface area contributed by atoms with Gasteiger partial charge in [0.15, 0.2) is 0 Å². The minimum atomic E-state index is 0. The van der Waals surface area contributed by atoms with Gasteiger partial charge in [-0.1, -0.05) is 32.1 Å². The molecule has 2 unspecified atom stereocenters. The van der Waals surface area contributed by atoms with Crippen molar-refractivity contribution in [3.05, 3.63) is 5.32 Å². The molecule has 9 heavy (non-hydrogen) atoms. The van der Waals surface area contributed by atoms with E-state index in [2.05, 4.69) is 12.2 Å². The van der Waals surface area contributed by atoms with Gasteiger partial charge in [0.1, 0.15) is 0 Å². The van der Waals surface area contributed by atoms with E-state index in [1.165, 1.54) is 19.3 Å². The van der Waals surface area contributed by atoms with Crippen LogP contribution in [0, 0.1) is 5.92 Å². The van der Waals surface area contributed by atoms with Crippen LogP contribution in [0.25, 0.3) is 5.32 Å². The topological polar surface area (TPSA) is 14.1 Å². The van der Waals surface area contributed by atoms with Crippen LogP contribution >= 0.6 is 0 Å². The summed E-state index contributed by atoms with van der Waals surface area (Å²) < 4.78 is 0. The molecule has 2 aliphatic rings. The SMILES string of the molecule is C[C@@H]1[N-]C2CCC1C2.[Re]. The van der Waals surface area contributed by atoms with Crippen molar-refractivity contribution in [3.63, 3.8) is 0 Å². The summed E-state index contributed by atoms with van der Waals surface area (Å²) in [7, 11) is 0. The van der Waals surface area contributed by atoms with E-state index in [1.807, 2.05) is 0 Å². The van der Waals surface area contributed by atoms with Crippen LogP contribution in [-0.4, -0.2) is 12.1 Å². The molecule has 0 amide bonds. The van der Waals surface area contributed by atoms with Gasteiger partial charge in [-0.05, 0) is 0 Å². The van der Waals surface area contributed by atoms with Gasteiger partial charge >= 0.3 is 0 Å². The second-order valence-corrected chi connectivity index (χ2v) is 3.12. The first kappa shape index (κ1) is 7.73. The monoisotopic (exact) mass is 297 g/mol. The van der Waals surface area contributed by atoms with Crippen molar-refractivity contribution in [2.75, 3.05) is 0 Å². The summed E-state index contributed by atoms with van der Waals surface area (Å²) in [5.74, 6) is 0.972. The largest absolute Gasteiger partial charge is 0.657 e. The van der Waals surface area contributed by atoms with Gasteiger partial charge in [0, 0.05) is 20.4 Å². The van der Waals surface area contributed by atoms with Crippen LogP contribution in [0.2, 0.25) is 0 Å². The van der Waals surface area contributed by atoms with Crippen LogP contribution in [0.15, 0.2) is 0 Å². The molecule has 1 aliphatic heterocycles. The molecule has 2 bridgehead atoms. The number of fused-ring (bicyclic) bond motifs is 2. The minimum absolute atomic E-state index is 0. The molecule has 0 spiro atoms. The zero-order valence-corrected chi connectivity index (χ0v) is 8.39. The third-order valence-electron chi connectivity index (χ3n) is 2.57. The van der Waals surface area contributed by atoms with E-state index in [-0.39, 0.29) is 20.4 Å². The van der Waals surface area contributed by atoms with Crippen LogP contribution < -0.4 is 0 Å². The van der Waals surface area contributed by atoms with Gasteiger partial charge < -0.3 is 5.32 Å². The first-order valence-electron chi connectivity index (χ1n) is 3.56. The van der Waals surface area contributed by atoms with Crippen molar-refractivity contribution in [3.8, 4) is 0 Å². The molecule has 3 atom stereocenters. The average molecular weight is 296 g/mol. The fourth-order valence-electron chi connectivity index (χ4n) is 2.02. The van der Waals surface area contributed by atoms with Crippen molar-refractivity contribution < 1.29 is 20.4 Å². The molecular formula is C7H12NRe-. The summed E-state index contributed by atoms with van der Waals surface area (Å²) in [6.07, 6.45) is 4.24. The fourth-order valence-corrected chi connectivity index (χ4v) is 2.02. The standard InChI is InChI=1S/C7H12N.Re/c1-5-6-2-3-7(4-6)8-5;/h5-7H,2-4H2,1H3;/q-1;/t5-,6?,7?;/m0./s1. The van der Waals surface area contributed by atoms with Crippen molar-refractivity contribution in [2.24, 2.45) is 5.92 Å². The van der Waals surface area contributed by atoms with Crippen LogP contribution in [0.3, 0.4) is 0 Å². The van der Waals surface area contributed by atoms with Crippen LogP contribution in [-0.2, 0) is 20.4 Å². The number of nitrogens with zero attached hydrogens (tertiary/aromatic N) is 1. The molecule has 2 rings (SSSR count). The van der Waals surface area contributed by atoms with Gasteiger partial charge in [0.25, 0.3) is 0 Å². The van der Waals surface area contributed by atoms with E-state index in [9.17, 15) is 0 Å². The maximum Gasteiger partial charge on any atom is 0 e. The Balaban J connectivity index is 0.000000405. The Morgan fingerprint density at radius 2 is 2.11 bits per heavy atom. The normalized spacial score (nSPS) is 47.0. The second-order valence-electron chi connectivity index (χ2n) is 3.12. The molecule has 1 aliphatic carbocycles. The molecule has 0 aromatic heterocycles. The van der Waals surface area contributed by atoms with E-state index in [1.54, 1.807) is 0 Å². The third-order valence-corrected chi connectivity index (χ3v) is 2.57.